The first-order valence-electron chi connectivity index (χ1n) is 9.22. The van der Waals surface area contributed by atoms with Gasteiger partial charge < -0.3 is 19.5 Å². The highest BCUT2D eigenvalue weighted by Crippen LogP contribution is 2.40. The van der Waals surface area contributed by atoms with Crippen LogP contribution in [0.3, 0.4) is 0 Å². The largest absolute Gasteiger partial charge is 0.456 e. The molecule has 0 saturated carbocycles. The van der Waals surface area contributed by atoms with Gasteiger partial charge >= 0.3 is 11.9 Å². The van der Waals surface area contributed by atoms with Crippen LogP contribution in [0.5, 0.6) is 0 Å². The Labute approximate surface area is 178 Å². The monoisotopic (exact) mass is 443 g/mol. The molecule has 1 aliphatic heterocycles. The molecule has 10 heteroatoms. The van der Waals surface area contributed by atoms with Gasteiger partial charge in [-0.2, -0.15) is 0 Å². The summed E-state index contributed by atoms with van der Waals surface area (Å²) < 4.78 is 18.8. The summed E-state index contributed by atoms with van der Waals surface area (Å²) in [4.78, 5) is 28.0. The number of benzene rings is 1. The second-order valence-electron chi connectivity index (χ2n) is 7.21. The topological polar surface area (TPSA) is 91.7 Å². The lowest BCUT2D eigenvalue weighted by atomic mass is 10.1. The third-order valence-corrected chi connectivity index (χ3v) is 5.25. The molecule has 0 bridgehead atoms. The summed E-state index contributed by atoms with van der Waals surface area (Å²) in [7, 11) is 0. The predicted octanol–water partition coefficient (Wildman–Crippen LogP) is 3.94. The van der Waals surface area contributed by atoms with Crippen LogP contribution in [0.25, 0.3) is 11.0 Å². The van der Waals surface area contributed by atoms with Crippen molar-refractivity contribution in [2.45, 2.75) is 65.2 Å². The molecule has 4 atom stereocenters. The molecule has 1 aliphatic rings. The van der Waals surface area contributed by atoms with E-state index in [4.69, 9.17) is 37.4 Å². The van der Waals surface area contributed by atoms with Gasteiger partial charge in [0.25, 0.3) is 0 Å². The third-order valence-electron chi connectivity index (χ3n) is 4.45. The Bertz CT molecular complexity index is 946. The number of anilines is 1. The Hall–Kier alpha value is -2.03. The van der Waals surface area contributed by atoms with Crippen molar-refractivity contribution in [3.05, 3.63) is 22.2 Å². The number of hydrogen-bond acceptors (Lipinski definition) is 7. The number of hydrogen-bond donors (Lipinski definition) is 1. The quantitative estimate of drug-likeness (QED) is 0.699. The predicted molar refractivity (Wildman–Crippen MR) is 109 cm³/mol. The van der Waals surface area contributed by atoms with Crippen LogP contribution in [0.15, 0.2) is 12.1 Å². The molecule has 0 aliphatic carbocycles. The maximum atomic E-state index is 11.8. The minimum Gasteiger partial charge on any atom is -0.456 e. The first kappa shape index (κ1) is 21.7. The first-order valence-corrected chi connectivity index (χ1v) is 9.98. The molecular formula is C19H23Cl2N3O5. The average Bonchev–Trinajstić information content (AvgIpc) is 3.09. The SMILES string of the molecule is CC(=O)O[C@@H]1[C@H](OC(C)=O)[C@@H](C)O[C@H]1n1c(NC(C)C)nc2c(Cl)c(Cl)ccc21. The Kier molecular flexibility index (Phi) is 6.26. The number of rotatable bonds is 5. The van der Waals surface area contributed by atoms with E-state index in [0.717, 1.165) is 0 Å². The summed E-state index contributed by atoms with van der Waals surface area (Å²) in [5.41, 5.74) is 1.12. The fourth-order valence-electron chi connectivity index (χ4n) is 3.41. The highest BCUT2D eigenvalue weighted by atomic mass is 35.5. The normalized spacial score (nSPS) is 24.1. The van der Waals surface area contributed by atoms with Crippen molar-refractivity contribution < 1.29 is 23.8 Å². The number of ether oxygens (including phenoxy) is 3. The molecule has 1 aromatic heterocycles. The van der Waals surface area contributed by atoms with Crippen LogP contribution >= 0.6 is 23.2 Å². The van der Waals surface area contributed by atoms with Crippen molar-refractivity contribution in [3.63, 3.8) is 0 Å². The second kappa shape index (κ2) is 8.38. The van der Waals surface area contributed by atoms with Gasteiger partial charge in [0.1, 0.15) is 5.52 Å². The lowest BCUT2D eigenvalue weighted by Gasteiger charge is -2.25. The lowest BCUT2D eigenvalue weighted by Crippen LogP contribution is -2.38. The van der Waals surface area contributed by atoms with E-state index in [9.17, 15) is 9.59 Å². The number of aromatic nitrogens is 2. The highest BCUT2D eigenvalue weighted by molar-refractivity contribution is 6.45. The number of fused-ring (bicyclic) bond motifs is 1. The number of carbonyl (C=O) groups is 2. The van der Waals surface area contributed by atoms with E-state index in [-0.39, 0.29) is 6.04 Å². The van der Waals surface area contributed by atoms with Crippen molar-refractivity contribution in [2.75, 3.05) is 5.32 Å². The van der Waals surface area contributed by atoms with E-state index < -0.39 is 36.5 Å². The maximum Gasteiger partial charge on any atom is 0.303 e. The van der Waals surface area contributed by atoms with Crippen molar-refractivity contribution in [1.29, 1.82) is 0 Å². The summed E-state index contributed by atoms with van der Waals surface area (Å²) in [6.45, 7) is 8.26. The van der Waals surface area contributed by atoms with Crippen LogP contribution in [0.4, 0.5) is 5.95 Å². The van der Waals surface area contributed by atoms with Gasteiger partial charge in [-0.15, -0.1) is 0 Å². The molecule has 2 heterocycles. The Morgan fingerprint density at radius 3 is 2.38 bits per heavy atom. The first-order chi connectivity index (χ1) is 13.6. The number of esters is 2. The van der Waals surface area contributed by atoms with Gasteiger partial charge in [0.2, 0.25) is 5.95 Å². The zero-order valence-corrected chi connectivity index (χ0v) is 18.2. The van der Waals surface area contributed by atoms with Crippen molar-refractivity contribution in [3.8, 4) is 0 Å². The minimum absolute atomic E-state index is 0.0510. The van der Waals surface area contributed by atoms with Crippen LogP contribution in [-0.4, -0.2) is 45.8 Å². The summed E-state index contributed by atoms with van der Waals surface area (Å²) in [5, 5.41) is 3.93. The van der Waals surface area contributed by atoms with E-state index in [2.05, 4.69) is 10.3 Å². The van der Waals surface area contributed by atoms with Crippen LogP contribution in [0.1, 0.15) is 40.8 Å². The number of nitrogens with zero attached hydrogens (tertiary/aromatic N) is 2. The second-order valence-corrected chi connectivity index (χ2v) is 8.00. The van der Waals surface area contributed by atoms with Crippen LogP contribution < -0.4 is 5.32 Å². The highest BCUT2D eigenvalue weighted by Gasteiger charge is 2.49. The van der Waals surface area contributed by atoms with Gasteiger partial charge in [0, 0.05) is 19.9 Å². The van der Waals surface area contributed by atoms with Gasteiger partial charge in [0.05, 0.1) is 21.7 Å². The van der Waals surface area contributed by atoms with Crippen LogP contribution in [0.2, 0.25) is 10.0 Å². The zero-order valence-electron chi connectivity index (χ0n) is 16.7. The van der Waals surface area contributed by atoms with Crippen molar-refractivity contribution >= 4 is 52.1 Å². The van der Waals surface area contributed by atoms with Gasteiger partial charge in [-0.3, -0.25) is 14.2 Å². The molecule has 0 amide bonds. The molecule has 1 N–H and O–H groups in total. The molecule has 1 saturated heterocycles. The molecule has 2 aromatic rings. The van der Waals surface area contributed by atoms with Crippen LogP contribution in [0, 0.1) is 0 Å². The molecule has 1 aromatic carbocycles. The van der Waals surface area contributed by atoms with E-state index in [1.165, 1.54) is 13.8 Å². The van der Waals surface area contributed by atoms with E-state index in [1.807, 2.05) is 13.8 Å². The van der Waals surface area contributed by atoms with Gasteiger partial charge in [-0.25, -0.2) is 4.98 Å². The van der Waals surface area contributed by atoms with Crippen LogP contribution in [-0.2, 0) is 23.8 Å². The number of nitrogens with one attached hydrogen (secondary N) is 1. The van der Waals surface area contributed by atoms with E-state index in [1.54, 1.807) is 23.6 Å². The molecule has 1 fully saturated rings. The van der Waals surface area contributed by atoms with Gasteiger partial charge in [-0.1, -0.05) is 23.2 Å². The van der Waals surface area contributed by atoms with E-state index >= 15 is 0 Å². The Morgan fingerprint density at radius 2 is 1.79 bits per heavy atom. The Balaban J connectivity index is 2.17. The fourth-order valence-corrected chi connectivity index (χ4v) is 3.76. The van der Waals surface area contributed by atoms with Gasteiger partial charge in [-0.05, 0) is 32.9 Å². The van der Waals surface area contributed by atoms with Crippen molar-refractivity contribution in [1.82, 2.24) is 9.55 Å². The summed E-state index contributed by atoms with van der Waals surface area (Å²) in [5.74, 6) is -0.537. The molecule has 0 spiro atoms. The average molecular weight is 444 g/mol. The molecule has 0 radical (unpaired) electrons. The van der Waals surface area contributed by atoms with Crippen molar-refractivity contribution in [2.24, 2.45) is 0 Å². The fraction of sp³-hybridized carbons (Fsp3) is 0.526. The number of halogens is 2. The summed E-state index contributed by atoms with van der Waals surface area (Å²) in [6, 6.07) is 3.47. The molecule has 158 valence electrons. The molecule has 3 rings (SSSR count). The number of carbonyl (C=O) groups excluding carboxylic acids is 2. The smallest absolute Gasteiger partial charge is 0.303 e. The molecule has 8 nitrogen and oxygen atoms in total. The molecular weight excluding hydrogens is 421 g/mol. The molecule has 0 unspecified atom stereocenters. The summed E-state index contributed by atoms with van der Waals surface area (Å²) in [6.07, 6.45) is -2.94. The van der Waals surface area contributed by atoms with Gasteiger partial charge in [0.15, 0.2) is 18.4 Å². The zero-order chi connectivity index (χ0) is 21.5. The summed E-state index contributed by atoms with van der Waals surface area (Å²) >= 11 is 12.5. The lowest BCUT2D eigenvalue weighted by molar-refractivity contribution is -0.165. The number of imidazole rings is 1. The third kappa shape index (κ3) is 4.29. The minimum atomic E-state index is -0.869. The maximum absolute atomic E-state index is 11.8. The standard InChI is InChI=1S/C19H23Cl2N3O5/c1-8(2)22-19-23-15-13(7-6-12(20)14(15)21)24(19)18-17(29-11(5)26)16(9(3)27-18)28-10(4)25/h6-9,16-18H,1-5H3,(H,22,23)/t9-,16-,17-,18-/m1/s1. The molecule has 29 heavy (non-hydrogen) atoms. The Morgan fingerprint density at radius 1 is 1.17 bits per heavy atom. The van der Waals surface area contributed by atoms with E-state index in [0.29, 0.717) is 27.0 Å².